The molecule has 4 atom stereocenters. The predicted molar refractivity (Wildman–Crippen MR) is 165 cm³/mol. The van der Waals surface area contributed by atoms with Gasteiger partial charge in [-0.3, -0.25) is 14.2 Å². The van der Waals surface area contributed by atoms with E-state index in [0.29, 0.717) is 11.2 Å². The SMILES string of the molecule is CC(C)(C)[Si]1(C(C)(C)C)OC[C@H]2O[C@@H](n3ccc(=O)n(C(=O)c4ccccc4)c3=O)[C@H](OCOCC[Si](C)(C)C)[C@@H]2O1. The van der Waals surface area contributed by atoms with Crippen LogP contribution in [-0.4, -0.2) is 70.0 Å². The lowest BCUT2D eigenvalue weighted by atomic mass is 10.1. The van der Waals surface area contributed by atoms with Crippen LogP contribution in [0.15, 0.2) is 52.2 Å². The molecule has 0 spiro atoms. The molecule has 0 bridgehead atoms. The smallest absolute Gasteiger partial charge is 0.349 e. The number of benzene rings is 1. The van der Waals surface area contributed by atoms with Crippen LogP contribution >= 0.6 is 0 Å². The molecule has 232 valence electrons. The van der Waals surface area contributed by atoms with Gasteiger partial charge in [0.2, 0.25) is 0 Å². The molecule has 2 aliphatic heterocycles. The van der Waals surface area contributed by atoms with Crippen molar-refractivity contribution in [3.63, 3.8) is 0 Å². The van der Waals surface area contributed by atoms with Crippen molar-refractivity contribution in [3.8, 4) is 0 Å². The van der Waals surface area contributed by atoms with Gasteiger partial charge in [-0.1, -0.05) is 79.4 Å². The second kappa shape index (κ2) is 12.1. The molecule has 0 aliphatic carbocycles. The fraction of sp³-hybridized carbons (Fsp3) is 0.633. The molecule has 3 heterocycles. The van der Waals surface area contributed by atoms with Crippen LogP contribution in [0.4, 0.5) is 0 Å². The molecule has 42 heavy (non-hydrogen) atoms. The Balaban J connectivity index is 1.71. The van der Waals surface area contributed by atoms with E-state index in [0.717, 1.165) is 6.04 Å². The minimum atomic E-state index is -2.91. The van der Waals surface area contributed by atoms with Crippen LogP contribution in [-0.2, 0) is 23.1 Å². The molecule has 4 rings (SSSR count). The molecule has 2 fully saturated rings. The fourth-order valence-corrected chi connectivity index (χ4v) is 11.6. The minimum absolute atomic E-state index is 0.0145. The summed E-state index contributed by atoms with van der Waals surface area (Å²) in [6.45, 7) is 20.4. The number of ether oxygens (including phenoxy) is 3. The Bertz CT molecular complexity index is 1360. The van der Waals surface area contributed by atoms with Gasteiger partial charge in [0.15, 0.2) is 6.23 Å². The topological polar surface area (TPSA) is 107 Å². The Morgan fingerprint density at radius 1 is 1.02 bits per heavy atom. The van der Waals surface area contributed by atoms with E-state index in [-0.39, 0.29) is 29.0 Å². The van der Waals surface area contributed by atoms with Gasteiger partial charge in [0.25, 0.3) is 11.5 Å². The number of carbonyl (C=O) groups excluding carboxylic acids is 1. The molecule has 2 aromatic rings. The third-order valence-electron chi connectivity index (χ3n) is 7.86. The van der Waals surface area contributed by atoms with E-state index in [1.54, 1.807) is 30.3 Å². The second-order valence-electron chi connectivity index (χ2n) is 14.4. The Morgan fingerprint density at radius 2 is 1.67 bits per heavy atom. The van der Waals surface area contributed by atoms with Crippen molar-refractivity contribution in [2.75, 3.05) is 20.0 Å². The molecule has 0 N–H and O–H groups in total. The molecule has 2 saturated heterocycles. The fourth-order valence-electron chi connectivity index (χ4n) is 5.87. The van der Waals surface area contributed by atoms with E-state index in [1.807, 2.05) is 0 Å². The lowest BCUT2D eigenvalue weighted by molar-refractivity contribution is -0.138. The summed E-state index contributed by atoms with van der Waals surface area (Å²) < 4.78 is 34.0. The summed E-state index contributed by atoms with van der Waals surface area (Å²) in [5.41, 5.74) is -1.31. The molecular weight excluding hydrogens is 573 g/mol. The van der Waals surface area contributed by atoms with Crippen molar-refractivity contribution in [2.24, 2.45) is 0 Å². The van der Waals surface area contributed by atoms with Gasteiger partial charge < -0.3 is 23.1 Å². The van der Waals surface area contributed by atoms with Gasteiger partial charge in [-0.2, -0.15) is 4.57 Å². The van der Waals surface area contributed by atoms with Crippen molar-refractivity contribution >= 4 is 22.5 Å². The van der Waals surface area contributed by atoms with Crippen LogP contribution in [0, 0.1) is 0 Å². The molecule has 0 saturated carbocycles. The number of aromatic nitrogens is 2. The van der Waals surface area contributed by atoms with E-state index in [9.17, 15) is 14.4 Å². The van der Waals surface area contributed by atoms with E-state index in [2.05, 4.69) is 61.2 Å². The first-order valence-electron chi connectivity index (χ1n) is 14.6. The number of hydrogen-bond donors (Lipinski definition) is 0. The van der Waals surface area contributed by atoms with Gasteiger partial charge in [-0.15, -0.1) is 0 Å². The van der Waals surface area contributed by atoms with Crippen LogP contribution in [0.1, 0.15) is 58.1 Å². The number of hydrogen-bond acceptors (Lipinski definition) is 8. The average Bonchev–Trinajstić information content (AvgIpc) is 3.24. The standard InChI is InChI=1S/C30H46N2O8Si2/c1-29(2,3)42(30(4,5)6)38-19-22-24(40-42)25(37-20-36-17-18-41(7,8)9)27(39-22)31-16-15-23(33)32(28(31)35)26(34)21-13-11-10-12-14-21/h10-16,22,24-25,27H,17-20H2,1-9H3/t22-,24-,25-,27-/m1/s1. The van der Waals surface area contributed by atoms with E-state index in [4.69, 9.17) is 23.1 Å². The summed E-state index contributed by atoms with van der Waals surface area (Å²) >= 11 is 0. The normalized spacial score (nSPS) is 24.4. The highest BCUT2D eigenvalue weighted by Gasteiger charge is 2.65. The second-order valence-corrected chi connectivity index (χ2v) is 24.8. The Hall–Kier alpha value is -2.20. The molecule has 0 unspecified atom stereocenters. The monoisotopic (exact) mass is 618 g/mol. The molecular formula is C30H46N2O8Si2. The quantitative estimate of drug-likeness (QED) is 0.237. The van der Waals surface area contributed by atoms with Crippen molar-refractivity contribution in [3.05, 3.63) is 69.0 Å². The molecule has 0 amide bonds. The van der Waals surface area contributed by atoms with Crippen LogP contribution < -0.4 is 11.2 Å². The third kappa shape index (κ3) is 6.49. The predicted octanol–water partition coefficient (Wildman–Crippen LogP) is 4.75. The van der Waals surface area contributed by atoms with E-state index < -0.39 is 58.3 Å². The lowest BCUT2D eigenvalue weighted by Gasteiger charge is -2.53. The first-order chi connectivity index (χ1) is 19.5. The van der Waals surface area contributed by atoms with Gasteiger partial charge >= 0.3 is 14.3 Å². The van der Waals surface area contributed by atoms with Crippen LogP contribution in [0.2, 0.25) is 35.8 Å². The van der Waals surface area contributed by atoms with Crippen molar-refractivity contribution < 1.29 is 27.9 Å². The zero-order valence-corrected chi connectivity index (χ0v) is 28.3. The molecule has 1 aromatic heterocycles. The zero-order valence-electron chi connectivity index (χ0n) is 26.3. The van der Waals surface area contributed by atoms with Gasteiger partial charge in [-0.25, -0.2) is 4.79 Å². The lowest BCUT2D eigenvalue weighted by Crippen LogP contribution is -2.65. The summed E-state index contributed by atoms with van der Waals surface area (Å²) in [4.78, 5) is 39.8. The number of fused-ring (bicyclic) bond motifs is 1. The number of carbonyl (C=O) groups is 1. The summed E-state index contributed by atoms with van der Waals surface area (Å²) in [5.74, 6) is -0.714. The number of nitrogens with zero attached hydrogens (tertiary/aromatic N) is 2. The molecule has 10 nitrogen and oxygen atoms in total. The molecule has 12 heteroatoms. The zero-order chi connectivity index (χ0) is 31.1. The van der Waals surface area contributed by atoms with E-state index in [1.165, 1.54) is 16.8 Å². The highest BCUT2D eigenvalue weighted by atomic mass is 28.4. The van der Waals surface area contributed by atoms with Gasteiger partial charge in [0.05, 0.1) is 6.61 Å². The summed E-state index contributed by atoms with van der Waals surface area (Å²) in [7, 11) is -4.21. The first kappa shape index (κ1) is 32.7. The maximum absolute atomic E-state index is 13.8. The highest BCUT2D eigenvalue weighted by Crippen LogP contribution is 2.56. The highest BCUT2D eigenvalue weighted by molar-refractivity contribution is 6.76. The van der Waals surface area contributed by atoms with Crippen molar-refractivity contribution in [1.29, 1.82) is 0 Å². The first-order valence-corrected chi connectivity index (χ1v) is 20.1. The molecule has 0 radical (unpaired) electrons. The summed E-state index contributed by atoms with van der Waals surface area (Å²) in [5, 5.41) is -0.558. The largest absolute Gasteiger partial charge is 0.391 e. The Kier molecular flexibility index (Phi) is 9.39. The summed E-state index contributed by atoms with van der Waals surface area (Å²) in [6, 6.07) is 10.4. The van der Waals surface area contributed by atoms with Gasteiger partial charge in [0.1, 0.15) is 25.1 Å². The van der Waals surface area contributed by atoms with Gasteiger partial charge in [0, 0.05) is 42.6 Å². The maximum Gasteiger partial charge on any atom is 0.349 e. The Morgan fingerprint density at radius 3 is 2.26 bits per heavy atom. The van der Waals surface area contributed by atoms with Gasteiger partial charge in [-0.05, 0) is 18.2 Å². The number of rotatable bonds is 8. The minimum Gasteiger partial charge on any atom is -0.391 e. The molecule has 1 aromatic carbocycles. The van der Waals surface area contributed by atoms with Crippen molar-refractivity contribution in [1.82, 2.24) is 9.13 Å². The summed E-state index contributed by atoms with van der Waals surface area (Å²) in [6.07, 6.45) is -1.45. The van der Waals surface area contributed by atoms with Crippen LogP contribution in [0.25, 0.3) is 0 Å². The molecule has 2 aliphatic rings. The van der Waals surface area contributed by atoms with E-state index >= 15 is 0 Å². The average molecular weight is 619 g/mol. The van der Waals surface area contributed by atoms with Crippen LogP contribution in [0.3, 0.4) is 0 Å². The Labute approximate surface area is 250 Å². The van der Waals surface area contributed by atoms with Crippen molar-refractivity contribution in [2.45, 2.75) is 102 Å². The maximum atomic E-state index is 13.8. The third-order valence-corrected chi connectivity index (χ3v) is 14.7. The van der Waals surface area contributed by atoms with Crippen LogP contribution in [0.5, 0.6) is 0 Å².